The number of nitrogens with one attached hydrogen (secondary N) is 3. The van der Waals surface area contributed by atoms with Crippen LogP contribution in [0.4, 0.5) is 0 Å². The van der Waals surface area contributed by atoms with Gasteiger partial charge in [-0.3, -0.25) is 19.3 Å². The first-order chi connectivity index (χ1) is 15.1. The number of H-pyrrole nitrogens is 1. The number of pyridine rings is 1. The Morgan fingerprint density at radius 2 is 1.68 bits per heavy atom. The Morgan fingerprint density at radius 1 is 0.968 bits per heavy atom. The molecule has 0 bridgehead atoms. The maximum Gasteiger partial charge on any atom is 0.257 e. The minimum absolute atomic E-state index is 0.00858. The number of aromatic nitrogens is 1. The van der Waals surface area contributed by atoms with Gasteiger partial charge in [0.15, 0.2) is 0 Å². The molecule has 31 heavy (non-hydrogen) atoms. The van der Waals surface area contributed by atoms with Gasteiger partial charge in [0.05, 0.1) is 12.6 Å². The van der Waals surface area contributed by atoms with Crippen molar-refractivity contribution in [2.45, 2.75) is 18.9 Å². The molecule has 7 heteroatoms. The first-order valence-electron chi connectivity index (χ1n) is 10.6. The second-order valence-corrected chi connectivity index (χ2v) is 7.73. The van der Waals surface area contributed by atoms with Crippen molar-refractivity contribution < 1.29 is 9.59 Å². The number of para-hydroxylation sites is 1. The Kier molecular flexibility index (Phi) is 6.43. The van der Waals surface area contributed by atoms with E-state index in [1.54, 1.807) is 18.2 Å². The highest BCUT2D eigenvalue weighted by molar-refractivity contribution is 5.98. The lowest BCUT2D eigenvalue weighted by Crippen LogP contribution is -2.42. The Bertz CT molecular complexity index is 1120. The van der Waals surface area contributed by atoms with Crippen LogP contribution in [-0.2, 0) is 4.79 Å². The van der Waals surface area contributed by atoms with Crippen LogP contribution >= 0.6 is 0 Å². The number of aromatic amines is 1. The van der Waals surface area contributed by atoms with Crippen molar-refractivity contribution in [3.63, 3.8) is 0 Å². The second kappa shape index (κ2) is 9.57. The summed E-state index contributed by atoms with van der Waals surface area (Å²) in [7, 11) is 0. The fourth-order valence-electron chi connectivity index (χ4n) is 4.05. The van der Waals surface area contributed by atoms with E-state index in [4.69, 9.17) is 0 Å². The smallest absolute Gasteiger partial charge is 0.257 e. The zero-order valence-corrected chi connectivity index (χ0v) is 17.3. The van der Waals surface area contributed by atoms with Crippen LogP contribution < -0.4 is 16.1 Å². The molecule has 4 rings (SSSR count). The van der Waals surface area contributed by atoms with Crippen LogP contribution in [-0.4, -0.2) is 47.9 Å². The van der Waals surface area contributed by atoms with Crippen LogP contribution in [0.15, 0.2) is 65.6 Å². The molecule has 3 aromatic rings. The van der Waals surface area contributed by atoms with Crippen LogP contribution in [0.5, 0.6) is 0 Å². The number of nitrogens with zero attached hydrogens (tertiary/aromatic N) is 1. The van der Waals surface area contributed by atoms with Gasteiger partial charge in [0.25, 0.3) is 5.91 Å². The van der Waals surface area contributed by atoms with Crippen LogP contribution in [0.1, 0.15) is 34.8 Å². The summed E-state index contributed by atoms with van der Waals surface area (Å²) < 4.78 is 0. The van der Waals surface area contributed by atoms with Crippen molar-refractivity contribution in [1.29, 1.82) is 0 Å². The predicted molar refractivity (Wildman–Crippen MR) is 120 cm³/mol. The number of carbonyl (C=O) groups is 2. The van der Waals surface area contributed by atoms with Gasteiger partial charge in [0.1, 0.15) is 5.56 Å². The number of hydrogen-bond donors (Lipinski definition) is 3. The fraction of sp³-hybridized carbons (Fsp3) is 0.292. The average Bonchev–Trinajstić information content (AvgIpc) is 3.33. The largest absolute Gasteiger partial charge is 0.360 e. The lowest BCUT2D eigenvalue weighted by Gasteiger charge is -2.28. The lowest BCUT2D eigenvalue weighted by atomic mass is 10.1. The molecule has 1 fully saturated rings. The van der Waals surface area contributed by atoms with E-state index in [0.29, 0.717) is 17.4 Å². The molecule has 0 aliphatic carbocycles. The molecule has 2 heterocycles. The van der Waals surface area contributed by atoms with Gasteiger partial charge in [-0.05, 0) is 43.6 Å². The second-order valence-electron chi connectivity index (χ2n) is 7.73. The summed E-state index contributed by atoms with van der Waals surface area (Å²) in [6.07, 6.45) is 3.71. The van der Waals surface area contributed by atoms with Crippen LogP contribution in [0.25, 0.3) is 10.9 Å². The molecular formula is C24H26N4O3. The van der Waals surface area contributed by atoms with E-state index < -0.39 is 5.91 Å². The minimum Gasteiger partial charge on any atom is -0.360 e. The lowest BCUT2D eigenvalue weighted by molar-refractivity contribution is -0.120. The van der Waals surface area contributed by atoms with Gasteiger partial charge in [-0.15, -0.1) is 0 Å². The highest BCUT2D eigenvalue weighted by Crippen LogP contribution is 2.24. The SMILES string of the molecule is O=C(CNC(=O)c1c[nH]c2ccccc2c1=O)NCC(c1ccccc1)N1CCCC1. The van der Waals surface area contributed by atoms with Gasteiger partial charge in [-0.2, -0.15) is 0 Å². The van der Waals surface area contributed by atoms with E-state index in [0.717, 1.165) is 31.5 Å². The topological polar surface area (TPSA) is 94.3 Å². The van der Waals surface area contributed by atoms with Crippen molar-refractivity contribution in [2.75, 3.05) is 26.2 Å². The van der Waals surface area contributed by atoms with Crippen molar-refractivity contribution in [3.8, 4) is 0 Å². The highest BCUT2D eigenvalue weighted by Gasteiger charge is 2.24. The standard InChI is InChI=1S/C24H26N4O3/c29-22(26-15-21(28-12-6-7-13-28)17-8-2-1-3-9-17)16-27-24(31)19-14-25-20-11-5-4-10-18(20)23(19)30/h1-5,8-11,14,21H,6-7,12-13,15-16H2,(H,25,30)(H,26,29)(H,27,31). The van der Waals surface area contributed by atoms with Crippen molar-refractivity contribution in [1.82, 2.24) is 20.5 Å². The van der Waals surface area contributed by atoms with E-state index in [2.05, 4.69) is 32.7 Å². The molecule has 1 aromatic heterocycles. The first-order valence-corrected chi connectivity index (χ1v) is 10.6. The summed E-state index contributed by atoms with van der Waals surface area (Å²) in [5, 5.41) is 5.92. The molecule has 3 N–H and O–H groups in total. The summed E-state index contributed by atoms with van der Waals surface area (Å²) in [5.41, 5.74) is 1.46. The van der Waals surface area contributed by atoms with E-state index in [-0.39, 0.29) is 29.5 Å². The maximum atomic E-state index is 12.5. The molecular weight excluding hydrogens is 392 g/mol. The highest BCUT2D eigenvalue weighted by atomic mass is 16.2. The van der Waals surface area contributed by atoms with E-state index in [1.807, 2.05) is 24.3 Å². The van der Waals surface area contributed by atoms with Gasteiger partial charge in [-0.25, -0.2) is 0 Å². The number of benzene rings is 2. The van der Waals surface area contributed by atoms with Crippen LogP contribution in [0.3, 0.4) is 0 Å². The monoisotopic (exact) mass is 418 g/mol. The maximum absolute atomic E-state index is 12.5. The normalized spacial score (nSPS) is 15.0. The summed E-state index contributed by atoms with van der Waals surface area (Å²) in [6, 6.07) is 17.2. The average molecular weight is 418 g/mol. The molecule has 2 aromatic carbocycles. The van der Waals surface area contributed by atoms with Gasteiger partial charge < -0.3 is 15.6 Å². The number of fused-ring (bicyclic) bond motifs is 1. The third kappa shape index (κ3) is 4.83. The Balaban J connectivity index is 1.36. The number of amides is 2. The number of likely N-dealkylation sites (tertiary alicyclic amines) is 1. The van der Waals surface area contributed by atoms with Gasteiger partial charge in [0, 0.05) is 23.6 Å². The number of rotatable bonds is 7. The molecule has 2 amide bonds. The van der Waals surface area contributed by atoms with E-state index in [9.17, 15) is 14.4 Å². The summed E-state index contributed by atoms with van der Waals surface area (Å²) in [6.45, 7) is 2.30. The first kappa shape index (κ1) is 20.8. The molecule has 1 saturated heterocycles. The Morgan fingerprint density at radius 3 is 2.45 bits per heavy atom. The molecule has 7 nitrogen and oxygen atoms in total. The van der Waals surface area contributed by atoms with E-state index in [1.165, 1.54) is 6.20 Å². The van der Waals surface area contributed by atoms with Crippen LogP contribution in [0, 0.1) is 0 Å². The molecule has 0 radical (unpaired) electrons. The summed E-state index contributed by atoms with van der Waals surface area (Å²) in [5.74, 6) is -0.855. The zero-order valence-electron chi connectivity index (χ0n) is 17.3. The molecule has 160 valence electrons. The van der Waals surface area contributed by atoms with Crippen molar-refractivity contribution in [2.24, 2.45) is 0 Å². The summed E-state index contributed by atoms with van der Waals surface area (Å²) in [4.78, 5) is 42.7. The van der Waals surface area contributed by atoms with Gasteiger partial charge in [-0.1, -0.05) is 42.5 Å². The third-order valence-electron chi connectivity index (χ3n) is 5.70. The van der Waals surface area contributed by atoms with Crippen LogP contribution in [0.2, 0.25) is 0 Å². The van der Waals surface area contributed by atoms with Gasteiger partial charge in [0.2, 0.25) is 11.3 Å². The molecule has 1 unspecified atom stereocenters. The third-order valence-corrected chi connectivity index (χ3v) is 5.70. The molecule has 0 spiro atoms. The molecule has 0 saturated carbocycles. The minimum atomic E-state index is -0.568. The van der Waals surface area contributed by atoms with E-state index >= 15 is 0 Å². The van der Waals surface area contributed by atoms with Crippen molar-refractivity contribution in [3.05, 3.63) is 82.1 Å². The fourth-order valence-corrected chi connectivity index (χ4v) is 4.05. The molecule has 1 aliphatic rings. The predicted octanol–water partition coefficient (Wildman–Crippen LogP) is 2.21. The Labute approximate surface area is 180 Å². The Hall–Kier alpha value is -3.45. The van der Waals surface area contributed by atoms with Crippen molar-refractivity contribution >= 4 is 22.7 Å². The zero-order chi connectivity index (χ0) is 21.6. The quantitative estimate of drug-likeness (QED) is 0.548. The molecule has 1 atom stereocenters. The number of hydrogen-bond acceptors (Lipinski definition) is 4. The number of carbonyl (C=O) groups excluding carboxylic acids is 2. The van der Waals surface area contributed by atoms with Gasteiger partial charge >= 0.3 is 0 Å². The summed E-state index contributed by atoms with van der Waals surface area (Å²) >= 11 is 0. The molecule has 1 aliphatic heterocycles.